The molecule has 10 heteroatoms. The van der Waals surface area contributed by atoms with E-state index in [1.165, 1.54) is 12.1 Å². The minimum Gasteiger partial charge on any atom is -0.399 e. The maximum Gasteiger partial charge on any atom is 0.131 e. The Morgan fingerprint density at radius 3 is 2.42 bits per heavy atom. The van der Waals surface area contributed by atoms with Crippen LogP contribution in [-0.4, -0.2) is 64.0 Å². The fourth-order valence-electron chi connectivity index (χ4n) is 6.08. The molecule has 0 unspecified atom stereocenters. The molecule has 0 bridgehead atoms. The fourth-order valence-corrected chi connectivity index (χ4v) is 6.08. The van der Waals surface area contributed by atoms with Crippen molar-refractivity contribution in [3.63, 3.8) is 0 Å². The van der Waals surface area contributed by atoms with Crippen LogP contribution in [0.15, 0.2) is 73.2 Å². The highest BCUT2D eigenvalue weighted by Gasteiger charge is 2.23. The first-order valence-corrected chi connectivity index (χ1v) is 14.7. The molecule has 0 spiro atoms. The largest absolute Gasteiger partial charge is 0.399 e. The van der Waals surface area contributed by atoms with Gasteiger partial charge in [0.15, 0.2) is 0 Å². The highest BCUT2D eigenvalue weighted by atomic mass is 19.1. The molecule has 0 amide bonds. The van der Waals surface area contributed by atoms with Crippen molar-refractivity contribution in [2.75, 3.05) is 50.0 Å². The molecule has 4 heterocycles. The number of piperidine rings is 1. The van der Waals surface area contributed by atoms with Gasteiger partial charge in [-0.1, -0.05) is 18.2 Å². The molecule has 0 radical (unpaired) electrons. The number of rotatable bonds is 6. The molecular formula is C33H33F2N7O. The molecular weight excluding hydrogens is 548 g/mol. The number of ether oxygens (including phenoxy) is 1. The number of morpholine rings is 1. The van der Waals surface area contributed by atoms with E-state index in [9.17, 15) is 0 Å². The van der Waals surface area contributed by atoms with Gasteiger partial charge in [-0.25, -0.2) is 13.8 Å². The molecule has 2 aliphatic heterocycles. The van der Waals surface area contributed by atoms with Crippen LogP contribution in [0.25, 0.3) is 33.4 Å². The molecule has 2 N–H and O–H groups in total. The second kappa shape index (κ2) is 11.7. The molecule has 0 atom stereocenters. The Morgan fingerprint density at radius 1 is 0.884 bits per heavy atom. The Hall–Kier alpha value is -4.41. The van der Waals surface area contributed by atoms with Crippen LogP contribution in [0, 0.1) is 11.6 Å². The molecule has 220 valence electrons. The molecule has 5 aromatic rings. The van der Waals surface area contributed by atoms with Gasteiger partial charge in [-0.2, -0.15) is 5.10 Å². The van der Waals surface area contributed by atoms with E-state index in [1.54, 1.807) is 6.20 Å². The number of nitrogens with two attached hydrogens (primary N) is 1. The lowest BCUT2D eigenvalue weighted by Crippen LogP contribution is -2.36. The van der Waals surface area contributed by atoms with Crippen LogP contribution in [0.5, 0.6) is 0 Å². The van der Waals surface area contributed by atoms with Gasteiger partial charge in [0.25, 0.3) is 0 Å². The number of aromatic nitrogens is 4. The molecule has 8 nitrogen and oxygen atoms in total. The average Bonchev–Trinajstić information content (AvgIpc) is 3.53. The summed E-state index contributed by atoms with van der Waals surface area (Å²) in [4.78, 5) is 13.9. The zero-order valence-corrected chi connectivity index (χ0v) is 23.8. The Morgan fingerprint density at radius 2 is 1.65 bits per heavy atom. The third-order valence-corrected chi connectivity index (χ3v) is 8.48. The molecule has 0 saturated carbocycles. The van der Waals surface area contributed by atoms with Gasteiger partial charge in [0.1, 0.15) is 11.6 Å². The molecule has 0 aliphatic carbocycles. The topological polar surface area (TPSA) is 85.3 Å². The maximum atomic E-state index is 15.3. The van der Waals surface area contributed by atoms with E-state index in [0.29, 0.717) is 54.2 Å². The van der Waals surface area contributed by atoms with E-state index in [4.69, 9.17) is 15.5 Å². The standard InChI is InChI=1S/C33H33F2N7O/c34-29-15-22(16-30(35)28(29)21-40-11-13-43-14-12-40)27-5-2-6-31-33(27)39-32(19-37-31)23-18-38-42(20-23)25-7-9-41(10-8-25)26-4-1-3-24(36)17-26/h1-6,15-20,25H,7-14,21,36H2. The number of hydrogen-bond acceptors (Lipinski definition) is 7. The maximum absolute atomic E-state index is 15.3. The Balaban J connectivity index is 1.12. The van der Waals surface area contributed by atoms with Crippen LogP contribution in [0.3, 0.4) is 0 Å². The third kappa shape index (κ3) is 5.68. The predicted octanol–water partition coefficient (Wildman–Crippen LogP) is 5.69. The normalized spacial score (nSPS) is 16.7. The number of halogens is 2. The number of para-hydroxylation sites is 1. The van der Waals surface area contributed by atoms with Gasteiger partial charge in [0.2, 0.25) is 0 Å². The highest BCUT2D eigenvalue weighted by molar-refractivity contribution is 5.92. The predicted molar refractivity (Wildman–Crippen MR) is 164 cm³/mol. The van der Waals surface area contributed by atoms with Crippen LogP contribution in [0.1, 0.15) is 24.4 Å². The van der Waals surface area contributed by atoms with Gasteiger partial charge in [-0.15, -0.1) is 0 Å². The van der Waals surface area contributed by atoms with E-state index in [0.717, 1.165) is 42.9 Å². The average molecular weight is 582 g/mol. The van der Waals surface area contributed by atoms with E-state index >= 15 is 8.78 Å². The number of nitrogens with zero attached hydrogens (tertiary/aromatic N) is 6. The Bertz CT molecular complexity index is 1740. The summed E-state index contributed by atoms with van der Waals surface area (Å²) < 4.78 is 37.9. The lowest BCUT2D eigenvalue weighted by atomic mass is 10.0. The first-order valence-electron chi connectivity index (χ1n) is 14.7. The summed E-state index contributed by atoms with van der Waals surface area (Å²) in [5.74, 6) is -1.13. The van der Waals surface area contributed by atoms with Crippen molar-refractivity contribution in [1.29, 1.82) is 0 Å². The van der Waals surface area contributed by atoms with Crippen LogP contribution in [0.2, 0.25) is 0 Å². The highest BCUT2D eigenvalue weighted by Crippen LogP contribution is 2.32. The molecule has 2 aliphatic rings. The van der Waals surface area contributed by atoms with Gasteiger partial charge < -0.3 is 15.4 Å². The van der Waals surface area contributed by atoms with Crippen molar-refractivity contribution < 1.29 is 13.5 Å². The van der Waals surface area contributed by atoms with E-state index < -0.39 is 11.6 Å². The van der Waals surface area contributed by atoms with Crippen molar-refractivity contribution in [3.05, 3.63) is 90.4 Å². The number of hydrogen-bond donors (Lipinski definition) is 1. The zero-order chi connectivity index (χ0) is 29.3. The van der Waals surface area contributed by atoms with Crippen molar-refractivity contribution in [2.45, 2.75) is 25.4 Å². The van der Waals surface area contributed by atoms with Gasteiger partial charge in [-0.05, 0) is 54.8 Å². The summed E-state index contributed by atoms with van der Waals surface area (Å²) in [5, 5.41) is 4.67. The van der Waals surface area contributed by atoms with Crippen LogP contribution < -0.4 is 10.6 Å². The first kappa shape index (κ1) is 27.4. The van der Waals surface area contributed by atoms with Gasteiger partial charge >= 0.3 is 0 Å². The molecule has 2 saturated heterocycles. The zero-order valence-electron chi connectivity index (χ0n) is 23.8. The second-order valence-electron chi connectivity index (χ2n) is 11.3. The number of benzene rings is 3. The summed E-state index contributed by atoms with van der Waals surface area (Å²) in [6.45, 7) is 4.50. The molecule has 7 rings (SSSR count). The lowest BCUT2D eigenvalue weighted by Gasteiger charge is -2.33. The number of fused-ring (bicyclic) bond motifs is 1. The third-order valence-electron chi connectivity index (χ3n) is 8.48. The molecule has 2 fully saturated rings. The Kier molecular flexibility index (Phi) is 7.46. The van der Waals surface area contributed by atoms with Gasteiger partial charge in [-0.3, -0.25) is 14.6 Å². The smallest absolute Gasteiger partial charge is 0.131 e. The minimum absolute atomic E-state index is 0.0730. The summed E-state index contributed by atoms with van der Waals surface area (Å²) in [5.41, 5.74) is 11.8. The fraction of sp³-hybridized carbons (Fsp3) is 0.303. The van der Waals surface area contributed by atoms with E-state index in [1.807, 2.05) is 58.4 Å². The quantitative estimate of drug-likeness (QED) is 0.258. The summed E-state index contributed by atoms with van der Waals surface area (Å²) >= 11 is 0. The summed E-state index contributed by atoms with van der Waals surface area (Å²) in [6, 6.07) is 16.6. The monoisotopic (exact) mass is 581 g/mol. The van der Waals surface area contributed by atoms with Crippen molar-refractivity contribution >= 4 is 22.4 Å². The summed E-state index contributed by atoms with van der Waals surface area (Å²) in [6.07, 6.45) is 7.47. The molecule has 2 aromatic heterocycles. The summed E-state index contributed by atoms with van der Waals surface area (Å²) in [7, 11) is 0. The van der Waals surface area contributed by atoms with Gasteiger partial charge in [0, 0.05) is 67.0 Å². The number of nitrogen functional groups attached to an aromatic ring is 1. The SMILES string of the molecule is Nc1cccc(N2CCC(n3cc(-c4cnc5cccc(-c6cc(F)c(CN7CCOCC7)c(F)c6)c5n4)cn3)CC2)c1. The van der Waals surface area contributed by atoms with Crippen LogP contribution in [0.4, 0.5) is 20.2 Å². The molecule has 3 aromatic carbocycles. The van der Waals surface area contributed by atoms with E-state index in [-0.39, 0.29) is 18.2 Å². The van der Waals surface area contributed by atoms with Crippen LogP contribution >= 0.6 is 0 Å². The second-order valence-corrected chi connectivity index (χ2v) is 11.3. The van der Waals surface area contributed by atoms with Crippen molar-refractivity contribution in [2.24, 2.45) is 0 Å². The Labute approximate surface area is 248 Å². The van der Waals surface area contributed by atoms with Crippen LogP contribution in [-0.2, 0) is 11.3 Å². The number of anilines is 2. The minimum atomic E-state index is -0.564. The van der Waals surface area contributed by atoms with Crippen molar-refractivity contribution in [1.82, 2.24) is 24.6 Å². The lowest BCUT2D eigenvalue weighted by molar-refractivity contribution is 0.0332. The molecule has 43 heavy (non-hydrogen) atoms. The first-order chi connectivity index (χ1) is 21.0. The van der Waals surface area contributed by atoms with E-state index in [2.05, 4.69) is 21.0 Å². The van der Waals surface area contributed by atoms with Gasteiger partial charge in [0.05, 0.1) is 48.4 Å². The van der Waals surface area contributed by atoms with Crippen molar-refractivity contribution in [3.8, 4) is 22.4 Å².